The number of amides is 2. The molecule has 2 amide bonds. The average molecular weight is 484 g/mol. The number of nitrogens with zero attached hydrogens (tertiary/aromatic N) is 2. The zero-order valence-electron chi connectivity index (χ0n) is 18.5. The Kier molecular flexibility index (Phi) is 10.0. The highest BCUT2D eigenvalue weighted by atomic mass is 16.4. The highest BCUT2D eigenvalue weighted by Gasteiger charge is 2.24. The number of azo groups is 1. The number of hydrogen-bond acceptors (Lipinski definition) is 7. The predicted octanol–water partition coefficient (Wildman–Crippen LogP) is 2.50. The molecule has 0 spiro atoms. The molecule has 184 valence electrons. The van der Waals surface area contributed by atoms with Crippen LogP contribution in [0.5, 0.6) is 0 Å². The Morgan fingerprint density at radius 1 is 0.686 bits per heavy atom. The third kappa shape index (κ3) is 9.42. The van der Waals surface area contributed by atoms with Crippen LogP contribution in [-0.2, 0) is 19.2 Å². The smallest absolute Gasteiger partial charge is 0.326 e. The van der Waals surface area contributed by atoms with Crippen LogP contribution < -0.4 is 10.6 Å². The van der Waals surface area contributed by atoms with Crippen LogP contribution in [0.25, 0.3) is 0 Å². The number of carboxylic acids is 3. The number of carbonyl (C=O) groups is 5. The normalized spacial score (nSPS) is 12.5. The minimum absolute atomic E-state index is 0.166. The first-order valence-electron chi connectivity index (χ1n) is 10.5. The van der Waals surface area contributed by atoms with E-state index in [1.165, 1.54) is 24.3 Å². The number of benzene rings is 2. The lowest BCUT2D eigenvalue weighted by molar-refractivity contribution is -0.143. The van der Waals surface area contributed by atoms with E-state index in [-0.39, 0.29) is 18.4 Å². The molecule has 12 heteroatoms. The monoisotopic (exact) mass is 484 g/mol. The van der Waals surface area contributed by atoms with Crippen molar-refractivity contribution in [2.45, 2.75) is 37.8 Å². The molecule has 0 saturated heterocycles. The Labute approximate surface area is 199 Å². The predicted molar refractivity (Wildman–Crippen MR) is 122 cm³/mol. The molecule has 2 rings (SSSR count). The number of carbonyl (C=O) groups excluding carboxylic acids is 2. The lowest BCUT2D eigenvalue weighted by Gasteiger charge is -2.16. The van der Waals surface area contributed by atoms with E-state index in [9.17, 15) is 29.1 Å². The van der Waals surface area contributed by atoms with E-state index < -0.39 is 54.6 Å². The van der Waals surface area contributed by atoms with Crippen LogP contribution in [0.2, 0.25) is 0 Å². The lowest BCUT2D eigenvalue weighted by atomic mass is 10.1. The molecule has 0 aliphatic carbocycles. The van der Waals surface area contributed by atoms with Gasteiger partial charge >= 0.3 is 17.9 Å². The molecule has 0 aromatic heterocycles. The van der Waals surface area contributed by atoms with Crippen molar-refractivity contribution in [1.82, 2.24) is 10.6 Å². The SMILES string of the molecule is O=C(O)CC[C@H](NC(=O)CC[C@@H](NC(=O)c1ccc(N=Nc2ccccc2)cc1)C(=O)O)C(=O)O. The largest absolute Gasteiger partial charge is 0.481 e. The van der Waals surface area contributed by atoms with E-state index in [1.807, 2.05) is 18.2 Å². The standard InChI is InChI=1S/C23H24N4O8/c28-19(24-17(22(32)33)11-13-20(29)30)12-10-18(23(34)35)25-21(31)14-6-8-16(9-7-14)27-26-15-4-2-1-3-5-15/h1-9,17-18H,10-13H2,(H,24,28)(H,25,31)(H,29,30)(H,32,33)(H,34,35)/t17-,18+/m0/s1. The Morgan fingerprint density at radius 3 is 1.74 bits per heavy atom. The van der Waals surface area contributed by atoms with E-state index in [2.05, 4.69) is 20.9 Å². The summed E-state index contributed by atoms with van der Waals surface area (Å²) in [6, 6.07) is 12.1. The molecular formula is C23H24N4O8. The summed E-state index contributed by atoms with van der Waals surface area (Å²) in [5.41, 5.74) is 1.30. The van der Waals surface area contributed by atoms with Crippen LogP contribution in [0, 0.1) is 0 Å². The van der Waals surface area contributed by atoms with Crippen molar-refractivity contribution in [2.75, 3.05) is 0 Å². The van der Waals surface area contributed by atoms with Gasteiger partial charge in [-0.15, -0.1) is 0 Å². The molecule has 2 aromatic rings. The third-order valence-corrected chi connectivity index (χ3v) is 4.71. The van der Waals surface area contributed by atoms with Gasteiger partial charge in [0.25, 0.3) is 5.91 Å². The molecule has 0 bridgehead atoms. The summed E-state index contributed by atoms with van der Waals surface area (Å²) in [4.78, 5) is 57.8. The first-order chi connectivity index (χ1) is 16.7. The number of carboxylic acid groups (broad SMARTS) is 3. The Hall–Kier alpha value is -4.61. The quantitative estimate of drug-likeness (QED) is 0.267. The Balaban J connectivity index is 1.91. The van der Waals surface area contributed by atoms with Crippen LogP contribution in [0.4, 0.5) is 11.4 Å². The number of rotatable bonds is 13. The maximum absolute atomic E-state index is 12.4. The van der Waals surface area contributed by atoms with Crippen molar-refractivity contribution < 1.29 is 39.3 Å². The summed E-state index contributed by atoms with van der Waals surface area (Å²) >= 11 is 0. The second kappa shape index (κ2) is 13.2. The molecule has 0 fully saturated rings. The molecule has 0 unspecified atom stereocenters. The highest BCUT2D eigenvalue weighted by molar-refractivity contribution is 5.97. The van der Waals surface area contributed by atoms with E-state index in [0.29, 0.717) is 11.4 Å². The van der Waals surface area contributed by atoms with Crippen LogP contribution in [0.3, 0.4) is 0 Å². The van der Waals surface area contributed by atoms with Gasteiger partial charge in [-0.25, -0.2) is 9.59 Å². The van der Waals surface area contributed by atoms with Gasteiger partial charge in [0.1, 0.15) is 12.1 Å². The molecule has 0 aliphatic rings. The summed E-state index contributed by atoms with van der Waals surface area (Å²) in [6.45, 7) is 0. The van der Waals surface area contributed by atoms with Crippen molar-refractivity contribution in [3.05, 3.63) is 60.2 Å². The maximum Gasteiger partial charge on any atom is 0.326 e. The van der Waals surface area contributed by atoms with Crippen LogP contribution in [0.1, 0.15) is 36.0 Å². The van der Waals surface area contributed by atoms with Crippen LogP contribution in [-0.4, -0.2) is 57.1 Å². The lowest BCUT2D eigenvalue weighted by Crippen LogP contribution is -2.44. The van der Waals surface area contributed by atoms with Crippen molar-refractivity contribution >= 4 is 41.1 Å². The van der Waals surface area contributed by atoms with Gasteiger partial charge in [0.2, 0.25) is 5.91 Å². The van der Waals surface area contributed by atoms with Gasteiger partial charge in [0, 0.05) is 18.4 Å². The second-order valence-corrected chi connectivity index (χ2v) is 7.38. The van der Waals surface area contributed by atoms with Gasteiger partial charge < -0.3 is 26.0 Å². The molecule has 0 saturated carbocycles. The molecule has 0 heterocycles. The fourth-order valence-corrected chi connectivity index (χ4v) is 2.86. The molecule has 12 nitrogen and oxygen atoms in total. The number of hydrogen-bond donors (Lipinski definition) is 5. The van der Waals surface area contributed by atoms with Gasteiger partial charge in [-0.1, -0.05) is 18.2 Å². The van der Waals surface area contributed by atoms with E-state index in [0.717, 1.165) is 0 Å². The van der Waals surface area contributed by atoms with Gasteiger partial charge in [-0.3, -0.25) is 14.4 Å². The first-order valence-corrected chi connectivity index (χ1v) is 10.5. The average Bonchev–Trinajstić information content (AvgIpc) is 2.83. The number of nitrogens with one attached hydrogen (secondary N) is 2. The fourth-order valence-electron chi connectivity index (χ4n) is 2.86. The summed E-state index contributed by atoms with van der Waals surface area (Å²) in [5, 5.41) is 39.7. The van der Waals surface area contributed by atoms with Gasteiger partial charge in [0.05, 0.1) is 11.4 Å². The zero-order chi connectivity index (χ0) is 25.8. The minimum atomic E-state index is -1.42. The van der Waals surface area contributed by atoms with E-state index >= 15 is 0 Å². The second-order valence-electron chi connectivity index (χ2n) is 7.38. The van der Waals surface area contributed by atoms with Gasteiger partial charge in [0.15, 0.2) is 0 Å². The van der Waals surface area contributed by atoms with E-state index in [1.54, 1.807) is 12.1 Å². The van der Waals surface area contributed by atoms with Crippen molar-refractivity contribution in [3.63, 3.8) is 0 Å². The van der Waals surface area contributed by atoms with Gasteiger partial charge in [-0.2, -0.15) is 10.2 Å². The topological polar surface area (TPSA) is 195 Å². The summed E-state index contributed by atoms with van der Waals surface area (Å²) in [7, 11) is 0. The molecule has 2 aromatic carbocycles. The zero-order valence-corrected chi connectivity index (χ0v) is 18.5. The van der Waals surface area contributed by atoms with Crippen molar-refractivity contribution in [2.24, 2.45) is 10.2 Å². The van der Waals surface area contributed by atoms with Crippen molar-refractivity contribution in [3.8, 4) is 0 Å². The molecule has 35 heavy (non-hydrogen) atoms. The molecule has 0 aliphatic heterocycles. The summed E-state index contributed by atoms with van der Waals surface area (Å²) in [6.07, 6.45) is -1.48. The molecule has 5 N–H and O–H groups in total. The third-order valence-electron chi connectivity index (χ3n) is 4.71. The van der Waals surface area contributed by atoms with E-state index in [4.69, 9.17) is 10.2 Å². The maximum atomic E-state index is 12.4. The molecular weight excluding hydrogens is 460 g/mol. The highest BCUT2D eigenvalue weighted by Crippen LogP contribution is 2.18. The van der Waals surface area contributed by atoms with Gasteiger partial charge in [-0.05, 0) is 49.2 Å². The fraction of sp³-hybridized carbons (Fsp3) is 0.261. The van der Waals surface area contributed by atoms with Crippen LogP contribution >= 0.6 is 0 Å². The molecule has 0 radical (unpaired) electrons. The minimum Gasteiger partial charge on any atom is -0.481 e. The Morgan fingerprint density at radius 2 is 1.20 bits per heavy atom. The summed E-state index contributed by atoms with van der Waals surface area (Å²) in [5.74, 6) is -5.47. The van der Waals surface area contributed by atoms with Crippen molar-refractivity contribution in [1.29, 1.82) is 0 Å². The van der Waals surface area contributed by atoms with Crippen LogP contribution in [0.15, 0.2) is 64.8 Å². The summed E-state index contributed by atoms with van der Waals surface area (Å²) < 4.78 is 0. The molecule has 2 atom stereocenters. The first kappa shape index (κ1) is 26.6. The Bertz CT molecular complexity index is 1090. The number of aliphatic carboxylic acids is 3.